The number of aromatic nitrogens is 1. The number of hydrogen-bond donors (Lipinski definition) is 1. The van der Waals surface area contributed by atoms with E-state index >= 15 is 0 Å². The summed E-state index contributed by atoms with van der Waals surface area (Å²) >= 11 is 0. The molecule has 0 unspecified atom stereocenters. The number of carbonyl (C=O) groups excluding carboxylic acids is 1. The van der Waals surface area contributed by atoms with Crippen molar-refractivity contribution < 1.29 is 4.79 Å². The zero-order chi connectivity index (χ0) is 15.6. The van der Waals surface area contributed by atoms with Gasteiger partial charge in [-0.1, -0.05) is 25.7 Å². The predicted octanol–water partition coefficient (Wildman–Crippen LogP) is 3.25. The first-order chi connectivity index (χ1) is 10.8. The van der Waals surface area contributed by atoms with Crippen LogP contribution in [0.1, 0.15) is 61.7 Å². The van der Waals surface area contributed by atoms with Crippen molar-refractivity contribution in [3.05, 3.63) is 30.1 Å². The number of carbonyl (C=O) groups is 1. The second-order valence-electron chi connectivity index (χ2n) is 6.33. The molecule has 1 heterocycles. The molecule has 1 N–H and O–H groups in total. The van der Waals surface area contributed by atoms with Gasteiger partial charge in [-0.3, -0.25) is 9.78 Å². The molecule has 0 radical (unpaired) electrons. The Bertz CT molecular complexity index is 429. The highest BCUT2D eigenvalue weighted by atomic mass is 16.1. The van der Waals surface area contributed by atoms with Crippen molar-refractivity contribution in [2.24, 2.45) is 0 Å². The van der Waals surface area contributed by atoms with Gasteiger partial charge < -0.3 is 10.2 Å². The smallest absolute Gasteiger partial charge is 0.252 e. The molecule has 0 aromatic carbocycles. The maximum absolute atomic E-state index is 11.8. The van der Waals surface area contributed by atoms with Crippen LogP contribution in [0.5, 0.6) is 0 Å². The van der Waals surface area contributed by atoms with E-state index in [1.165, 1.54) is 51.5 Å². The molecule has 1 saturated carbocycles. The van der Waals surface area contributed by atoms with Crippen molar-refractivity contribution in [1.29, 1.82) is 0 Å². The fourth-order valence-corrected chi connectivity index (χ4v) is 3.17. The van der Waals surface area contributed by atoms with Crippen molar-refractivity contribution in [2.45, 2.75) is 57.4 Å². The van der Waals surface area contributed by atoms with E-state index in [4.69, 9.17) is 0 Å². The summed E-state index contributed by atoms with van der Waals surface area (Å²) in [5.74, 6) is -0.0209. The number of unbranched alkanes of at least 4 members (excludes halogenated alkanes) is 2. The molecule has 1 aromatic heterocycles. The average Bonchev–Trinajstić information content (AvgIpc) is 2.59. The zero-order valence-corrected chi connectivity index (χ0v) is 13.8. The Morgan fingerprint density at radius 3 is 2.82 bits per heavy atom. The average molecular weight is 303 g/mol. The highest BCUT2D eigenvalue weighted by Gasteiger charge is 2.17. The summed E-state index contributed by atoms with van der Waals surface area (Å²) in [7, 11) is 2.26. The summed E-state index contributed by atoms with van der Waals surface area (Å²) in [4.78, 5) is 18.3. The molecule has 1 amide bonds. The summed E-state index contributed by atoms with van der Waals surface area (Å²) in [5.41, 5.74) is 0.638. The van der Waals surface area contributed by atoms with Crippen molar-refractivity contribution in [1.82, 2.24) is 15.2 Å². The summed E-state index contributed by atoms with van der Waals surface area (Å²) < 4.78 is 0. The standard InChI is InChI=1S/C18H29N3O/c1-21(17-10-4-2-5-11-17)14-7-3-6-13-20-18(22)16-9-8-12-19-15-16/h8-9,12,15,17H,2-7,10-11,13-14H2,1H3,(H,20,22). The Morgan fingerprint density at radius 2 is 2.09 bits per heavy atom. The number of rotatable bonds is 8. The third kappa shape index (κ3) is 5.76. The lowest BCUT2D eigenvalue weighted by Crippen LogP contribution is -2.34. The third-order valence-corrected chi connectivity index (χ3v) is 4.59. The fourth-order valence-electron chi connectivity index (χ4n) is 3.17. The molecule has 1 aliphatic carbocycles. The number of pyridine rings is 1. The Morgan fingerprint density at radius 1 is 1.27 bits per heavy atom. The van der Waals surface area contributed by atoms with E-state index in [1.807, 2.05) is 0 Å². The zero-order valence-electron chi connectivity index (χ0n) is 13.8. The van der Waals surface area contributed by atoms with Crippen LogP contribution in [0, 0.1) is 0 Å². The van der Waals surface area contributed by atoms with E-state index in [1.54, 1.807) is 24.5 Å². The van der Waals surface area contributed by atoms with E-state index in [2.05, 4.69) is 22.2 Å². The molecule has 22 heavy (non-hydrogen) atoms. The highest BCUT2D eigenvalue weighted by Crippen LogP contribution is 2.21. The molecule has 4 heteroatoms. The van der Waals surface area contributed by atoms with Crippen LogP contribution in [0.3, 0.4) is 0 Å². The number of hydrogen-bond acceptors (Lipinski definition) is 3. The molecule has 2 rings (SSSR count). The van der Waals surface area contributed by atoms with Crippen LogP contribution >= 0.6 is 0 Å². The lowest BCUT2D eigenvalue weighted by atomic mass is 9.94. The first-order valence-electron chi connectivity index (χ1n) is 8.66. The van der Waals surface area contributed by atoms with Gasteiger partial charge in [-0.2, -0.15) is 0 Å². The maximum Gasteiger partial charge on any atom is 0.252 e. The van der Waals surface area contributed by atoms with Crippen molar-refractivity contribution in [2.75, 3.05) is 20.1 Å². The summed E-state index contributed by atoms with van der Waals surface area (Å²) in [6, 6.07) is 4.39. The number of amides is 1. The largest absolute Gasteiger partial charge is 0.352 e. The number of nitrogens with one attached hydrogen (secondary N) is 1. The first-order valence-corrected chi connectivity index (χ1v) is 8.66. The Balaban J connectivity index is 1.51. The molecule has 122 valence electrons. The number of nitrogens with zero attached hydrogens (tertiary/aromatic N) is 2. The van der Waals surface area contributed by atoms with Crippen molar-refractivity contribution in [3.63, 3.8) is 0 Å². The molecule has 0 saturated heterocycles. The molecular formula is C18H29N3O. The van der Waals surface area contributed by atoms with Gasteiger partial charge in [0.15, 0.2) is 0 Å². The monoisotopic (exact) mass is 303 g/mol. The second-order valence-corrected chi connectivity index (χ2v) is 6.33. The van der Waals surface area contributed by atoms with Gasteiger partial charge in [0.1, 0.15) is 0 Å². The lowest BCUT2D eigenvalue weighted by molar-refractivity contribution is 0.0952. The van der Waals surface area contributed by atoms with Crippen LogP contribution in [-0.2, 0) is 0 Å². The SMILES string of the molecule is CN(CCCCCNC(=O)c1cccnc1)C1CCCCC1. The predicted molar refractivity (Wildman–Crippen MR) is 89.9 cm³/mol. The van der Waals surface area contributed by atoms with E-state index in [-0.39, 0.29) is 5.91 Å². The van der Waals surface area contributed by atoms with Crippen molar-refractivity contribution in [3.8, 4) is 0 Å². The Labute approximate surface area is 134 Å². The minimum atomic E-state index is -0.0209. The third-order valence-electron chi connectivity index (χ3n) is 4.59. The van der Waals surface area contributed by atoms with Gasteiger partial charge in [-0.05, 0) is 51.4 Å². The molecular weight excluding hydrogens is 274 g/mol. The van der Waals surface area contributed by atoms with Gasteiger partial charge in [0, 0.05) is 25.0 Å². The molecule has 0 atom stereocenters. The first kappa shape index (κ1) is 16.9. The maximum atomic E-state index is 11.8. The second kappa shape index (κ2) is 9.57. The Kier molecular flexibility index (Phi) is 7.37. The van der Waals surface area contributed by atoms with E-state index < -0.39 is 0 Å². The van der Waals surface area contributed by atoms with E-state index in [0.29, 0.717) is 5.56 Å². The van der Waals surface area contributed by atoms with Crippen LogP contribution < -0.4 is 5.32 Å². The van der Waals surface area contributed by atoms with Gasteiger partial charge >= 0.3 is 0 Å². The molecule has 1 fully saturated rings. The van der Waals surface area contributed by atoms with Crippen molar-refractivity contribution >= 4 is 5.91 Å². The normalized spacial score (nSPS) is 15.9. The van der Waals surface area contributed by atoms with Crippen LogP contribution in [-0.4, -0.2) is 42.0 Å². The molecule has 1 aromatic rings. The van der Waals surface area contributed by atoms with Gasteiger partial charge in [-0.15, -0.1) is 0 Å². The quantitative estimate of drug-likeness (QED) is 0.750. The lowest BCUT2D eigenvalue weighted by Gasteiger charge is -2.31. The fraction of sp³-hybridized carbons (Fsp3) is 0.667. The molecule has 0 spiro atoms. The summed E-state index contributed by atoms with van der Waals surface area (Å²) in [5, 5.41) is 2.96. The molecule has 1 aliphatic rings. The highest BCUT2D eigenvalue weighted by molar-refractivity contribution is 5.93. The van der Waals surface area contributed by atoms with Crippen LogP contribution in [0.15, 0.2) is 24.5 Å². The summed E-state index contributed by atoms with van der Waals surface area (Å²) in [6.45, 7) is 1.93. The van der Waals surface area contributed by atoms with Gasteiger partial charge in [0.05, 0.1) is 5.56 Å². The minimum absolute atomic E-state index is 0.0209. The molecule has 4 nitrogen and oxygen atoms in total. The van der Waals surface area contributed by atoms with Crippen LogP contribution in [0.25, 0.3) is 0 Å². The topological polar surface area (TPSA) is 45.2 Å². The Hall–Kier alpha value is -1.42. The van der Waals surface area contributed by atoms with Gasteiger partial charge in [0.2, 0.25) is 0 Å². The minimum Gasteiger partial charge on any atom is -0.352 e. The van der Waals surface area contributed by atoms with Gasteiger partial charge in [0.25, 0.3) is 5.91 Å². The molecule has 0 bridgehead atoms. The van der Waals surface area contributed by atoms with E-state index in [0.717, 1.165) is 19.0 Å². The van der Waals surface area contributed by atoms with E-state index in [9.17, 15) is 4.79 Å². The van der Waals surface area contributed by atoms with Crippen LogP contribution in [0.2, 0.25) is 0 Å². The van der Waals surface area contributed by atoms with Gasteiger partial charge in [-0.25, -0.2) is 0 Å². The van der Waals surface area contributed by atoms with Crippen LogP contribution in [0.4, 0.5) is 0 Å². The molecule has 0 aliphatic heterocycles. The summed E-state index contributed by atoms with van der Waals surface area (Å²) in [6.07, 6.45) is 13.7.